The van der Waals surface area contributed by atoms with E-state index in [2.05, 4.69) is 69.1 Å². The van der Waals surface area contributed by atoms with E-state index in [9.17, 15) is 0 Å². The number of aryl methyl sites for hydroxylation is 1. The molecule has 2 atom stereocenters. The fourth-order valence-electron chi connectivity index (χ4n) is 3.32. The van der Waals surface area contributed by atoms with Crippen LogP contribution in [0.1, 0.15) is 39.7 Å². The predicted molar refractivity (Wildman–Crippen MR) is 88.4 cm³/mol. The van der Waals surface area contributed by atoms with E-state index in [1.807, 2.05) is 0 Å². The van der Waals surface area contributed by atoms with Gasteiger partial charge >= 0.3 is 0 Å². The Labute approximate surface area is 124 Å². The fraction of sp³-hybridized carbons (Fsp3) is 0.667. The highest BCUT2D eigenvalue weighted by molar-refractivity contribution is 5.54. The highest BCUT2D eigenvalue weighted by Gasteiger charge is 2.30. The summed E-state index contributed by atoms with van der Waals surface area (Å²) in [6.07, 6.45) is 1.26. The maximum atomic E-state index is 3.76. The SMILES string of the molecule is Cc1ccccc1N1CC(CC(C)C)NCC1C(C)C. The number of nitrogens with one attached hydrogen (secondary N) is 1. The lowest BCUT2D eigenvalue weighted by Gasteiger charge is -2.45. The Morgan fingerprint density at radius 1 is 1.20 bits per heavy atom. The van der Waals surface area contributed by atoms with Gasteiger partial charge in [0.2, 0.25) is 0 Å². The van der Waals surface area contributed by atoms with Gasteiger partial charge in [-0.15, -0.1) is 0 Å². The molecule has 1 aliphatic rings. The van der Waals surface area contributed by atoms with E-state index in [1.165, 1.54) is 17.7 Å². The Bertz CT molecular complexity index is 425. The van der Waals surface area contributed by atoms with Crippen LogP contribution in [0, 0.1) is 18.8 Å². The van der Waals surface area contributed by atoms with Crippen molar-refractivity contribution in [2.45, 2.75) is 53.1 Å². The molecule has 0 radical (unpaired) electrons. The average Bonchev–Trinajstić information content (AvgIpc) is 2.38. The van der Waals surface area contributed by atoms with Crippen LogP contribution in [0.2, 0.25) is 0 Å². The van der Waals surface area contributed by atoms with Crippen molar-refractivity contribution >= 4 is 5.69 Å². The van der Waals surface area contributed by atoms with Crippen LogP contribution in [0.5, 0.6) is 0 Å². The first-order valence-electron chi connectivity index (χ1n) is 8.04. The summed E-state index contributed by atoms with van der Waals surface area (Å²) in [5, 5.41) is 3.76. The number of hydrogen-bond donors (Lipinski definition) is 1. The molecule has 0 bridgehead atoms. The minimum atomic E-state index is 0.597. The molecule has 1 saturated heterocycles. The minimum absolute atomic E-state index is 0.597. The van der Waals surface area contributed by atoms with Crippen molar-refractivity contribution in [1.29, 1.82) is 0 Å². The van der Waals surface area contributed by atoms with Gasteiger partial charge in [-0.3, -0.25) is 0 Å². The number of piperazine rings is 1. The van der Waals surface area contributed by atoms with Crippen LogP contribution in [-0.4, -0.2) is 25.2 Å². The number of anilines is 1. The highest BCUT2D eigenvalue weighted by atomic mass is 15.2. The lowest BCUT2D eigenvalue weighted by Crippen LogP contribution is -2.58. The van der Waals surface area contributed by atoms with E-state index in [-0.39, 0.29) is 0 Å². The maximum Gasteiger partial charge on any atom is 0.0438 e. The molecular formula is C18H30N2. The van der Waals surface area contributed by atoms with Gasteiger partial charge in [-0.25, -0.2) is 0 Å². The van der Waals surface area contributed by atoms with Crippen molar-refractivity contribution in [2.75, 3.05) is 18.0 Å². The van der Waals surface area contributed by atoms with Gasteiger partial charge in [0.1, 0.15) is 0 Å². The van der Waals surface area contributed by atoms with Crippen LogP contribution >= 0.6 is 0 Å². The number of rotatable bonds is 4. The van der Waals surface area contributed by atoms with E-state index in [0.29, 0.717) is 18.0 Å². The third-order valence-corrected chi connectivity index (χ3v) is 4.38. The second-order valence-corrected chi connectivity index (χ2v) is 6.98. The van der Waals surface area contributed by atoms with Gasteiger partial charge in [-0.05, 0) is 36.8 Å². The molecule has 20 heavy (non-hydrogen) atoms. The van der Waals surface area contributed by atoms with E-state index < -0.39 is 0 Å². The lowest BCUT2D eigenvalue weighted by atomic mass is 9.94. The zero-order chi connectivity index (χ0) is 14.7. The van der Waals surface area contributed by atoms with Crippen LogP contribution in [0.15, 0.2) is 24.3 Å². The van der Waals surface area contributed by atoms with Crippen molar-refractivity contribution in [2.24, 2.45) is 11.8 Å². The molecular weight excluding hydrogens is 244 g/mol. The summed E-state index contributed by atoms with van der Waals surface area (Å²) in [6.45, 7) is 13.8. The van der Waals surface area contributed by atoms with E-state index in [0.717, 1.165) is 19.0 Å². The lowest BCUT2D eigenvalue weighted by molar-refractivity contribution is 0.310. The Kier molecular flexibility index (Phi) is 5.09. The Morgan fingerprint density at radius 3 is 2.50 bits per heavy atom. The Balaban J connectivity index is 2.21. The molecule has 1 heterocycles. The smallest absolute Gasteiger partial charge is 0.0438 e. The van der Waals surface area contributed by atoms with Crippen LogP contribution in [0.3, 0.4) is 0 Å². The van der Waals surface area contributed by atoms with Gasteiger partial charge in [0.15, 0.2) is 0 Å². The van der Waals surface area contributed by atoms with E-state index in [1.54, 1.807) is 0 Å². The van der Waals surface area contributed by atoms with Crippen molar-refractivity contribution in [3.8, 4) is 0 Å². The van der Waals surface area contributed by atoms with Gasteiger partial charge in [0, 0.05) is 30.9 Å². The molecule has 2 nitrogen and oxygen atoms in total. The minimum Gasteiger partial charge on any atom is -0.365 e. The maximum absolute atomic E-state index is 3.76. The third-order valence-electron chi connectivity index (χ3n) is 4.38. The first-order chi connectivity index (χ1) is 9.49. The molecule has 0 amide bonds. The molecule has 1 aromatic rings. The Morgan fingerprint density at radius 2 is 1.90 bits per heavy atom. The van der Waals surface area contributed by atoms with Crippen molar-refractivity contribution in [1.82, 2.24) is 5.32 Å². The van der Waals surface area contributed by atoms with Crippen molar-refractivity contribution < 1.29 is 0 Å². The predicted octanol–water partition coefficient (Wildman–Crippen LogP) is 3.84. The van der Waals surface area contributed by atoms with Gasteiger partial charge in [0.05, 0.1) is 0 Å². The normalized spacial score (nSPS) is 23.6. The molecule has 0 aliphatic carbocycles. The topological polar surface area (TPSA) is 15.3 Å². The summed E-state index contributed by atoms with van der Waals surface area (Å²) in [6, 6.07) is 10.0. The van der Waals surface area contributed by atoms with Gasteiger partial charge in [-0.2, -0.15) is 0 Å². The fourth-order valence-corrected chi connectivity index (χ4v) is 3.32. The van der Waals surface area contributed by atoms with Crippen LogP contribution in [0.4, 0.5) is 5.69 Å². The molecule has 0 spiro atoms. The second-order valence-electron chi connectivity index (χ2n) is 6.98. The number of hydrogen-bond acceptors (Lipinski definition) is 2. The number of benzene rings is 1. The molecule has 2 unspecified atom stereocenters. The summed E-state index contributed by atoms with van der Waals surface area (Å²) in [4.78, 5) is 2.64. The summed E-state index contributed by atoms with van der Waals surface area (Å²) in [5.74, 6) is 1.42. The van der Waals surface area contributed by atoms with E-state index >= 15 is 0 Å². The third kappa shape index (κ3) is 3.54. The number of nitrogens with zero attached hydrogens (tertiary/aromatic N) is 1. The molecule has 1 aromatic carbocycles. The van der Waals surface area contributed by atoms with Crippen LogP contribution in [0.25, 0.3) is 0 Å². The molecule has 112 valence electrons. The van der Waals surface area contributed by atoms with Crippen LogP contribution < -0.4 is 10.2 Å². The molecule has 0 saturated carbocycles. The summed E-state index contributed by atoms with van der Waals surface area (Å²) < 4.78 is 0. The average molecular weight is 274 g/mol. The first-order valence-corrected chi connectivity index (χ1v) is 8.04. The summed E-state index contributed by atoms with van der Waals surface area (Å²) in [5.41, 5.74) is 2.81. The van der Waals surface area contributed by atoms with Crippen LogP contribution in [-0.2, 0) is 0 Å². The van der Waals surface area contributed by atoms with Crippen molar-refractivity contribution in [3.63, 3.8) is 0 Å². The zero-order valence-electron chi connectivity index (χ0n) is 13.7. The molecule has 1 N–H and O–H groups in total. The zero-order valence-corrected chi connectivity index (χ0v) is 13.7. The first kappa shape index (κ1) is 15.4. The monoisotopic (exact) mass is 274 g/mol. The molecule has 1 fully saturated rings. The number of para-hydroxylation sites is 1. The standard InChI is InChI=1S/C18H30N2/c1-13(2)10-16-12-20(18(11-19-16)14(3)4)17-9-7-6-8-15(17)5/h6-9,13-14,16,18-19H,10-12H2,1-5H3. The highest BCUT2D eigenvalue weighted by Crippen LogP contribution is 2.27. The van der Waals surface area contributed by atoms with Gasteiger partial charge < -0.3 is 10.2 Å². The summed E-state index contributed by atoms with van der Waals surface area (Å²) >= 11 is 0. The molecule has 0 aromatic heterocycles. The molecule has 2 rings (SSSR count). The van der Waals surface area contributed by atoms with E-state index in [4.69, 9.17) is 0 Å². The second kappa shape index (κ2) is 6.62. The Hall–Kier alpha value is -1.02. The van der Waals surface area contributed by atoms with Gasteiger partial charge in [-0.1, -0.05) is 45.9 Å². The quantitative estimate of drug-likeness (QED) is 0.897. The van der Waals surface area contributed by atoms with Crippen molar-refractivity contribution in [3.05, 3.63) is 29.8 Å². The summed E-state index contributed by atoms with van der Waals surface area (Å²) in [7, 11) is 0. The van der Waals surface area contributed by atoms with Gasteiger partial charge in [0.25, 0.3) is 0 Å². The molecule has 2 heteroatoms. The largest absolute Gasteiger partial charge is 0.365 e. The molecule has 1 aliphatic heterocycles.